The molecule has 2 aromatic rings. The van der Waals surface area contributed by atoms with Crippen LogP contribution in [-0.2, 0) is 11.2 Å². The van der Waals surface area contributed by atoms with E-state index in [0.717, 1.165) is 10.7 Å². The molecule has 6 nitrogen and oxygen atoms in total. The van der Waals surface area contributed by atoms with Crippen LogP contribution in [0.3, 0.4) is 0 Å². The van der Waals surface area contributed by atoms with Crippen LogP contribution < -0.4 is 5.43 Å². The lowest BCUT2D eigenvalue weighted by atomic mass is 10.1. The van der Waals surface area contributed by atoms with Crippen LogP contribution in [0.1, 0.15) is 26.6 Å². The van der Waals surface area contributed by atoms with Gasteiger partial charge in [0.25, 0.3) is 0 Å². The summed E-state index contributed by atoms with van der Waals surface area (Å²) in [5.41, 5.74) is 4.20. The van der Waals surface area contributed by atoms with E-state index >= 15 is 0 Å². The Hall–Kier alpha value is -2.54. The number of carbonyl (C=O) groups is 2. The number of nitrogens with one attached hydrogen (secondary N) is 1. The Bertz CT molecular complexity index is 677. The second-order valence-corrected chi connectivity index (χ2v) is 5.22. The Labute approximate surface area is 125 Å². The summed E-state index contributed by atoms with van der Waals surface area (Å²) < 4.78 is 0. The smallest absolute Gasteiger partial charge is 0.335 e. The standard InChI is InChI=1S/C14H13N3O3S/c1-9-8-21-13(16-9)6-12(18)17-15-7-10-2-4-11(5-3-10)14(19)20/h2-5,7-8H,6H2,1H3,(H,17,18)(H,19,20)/b15-7-. The summed E-state index contributed by atoms with van der Waals surface area (Å²) >= 11 is 1.43. The fraction of sp³-hybridized carbons (Fsp3) is 0.143. The van der Waals surface area contributed by atoms with Crippen LogP contribution in [0.2, 0.25) is 0 Å². The molecule has 1 heterocycles. The molecule has 0 atom stereocenters. The van der Waals surface area contributed by atoms with Gasteiger partial charge in [-0.3, -0.25) is 4.79 Å². The van der Waals surface area contributed by atoms with Crippen molar-refractivity contribution in [2.24, 2.45) is 5.10 Å². The number of benzene rings is 1. The molecule has 0 saturated heterocycles. The molecule has 0 aliphatic carbocycles. The van der Waals surface area contributed by atoms with Crippen LogP contribution in [-0.4, -0.2) is 28.2 Å². The third-order valence-corrected chi connectivity index (χ3v) is 3.51. The molecular formula is C14H13N3O3S. The number of nitrogens with zero attached hydrogens (tertiary/aromatic N) is 2. The van der Waals surface area contributed by atoms with Gasteiger partial charge in [-0.25, -0.2) is 15.2 Å². The Morgan fingerprint density at radius 3 is 2.67 bits per heavy atom. The zero-order valence-corrected chi connectivity index (χ0v) is 12.1. The summed E-state index contributed by atoms with van der Waals surface area (Å²) in [6.45, 7) is 1.87. The fourth-order valence-electron chi connectivity index (χ4n) is 1.55. The van der Waals surface area contributed by atoms with E-state index < -0.39 is 5.97 Å². The van der Waals surface area contributed by atoms with Gasteiger partial charge >= 0.3 is 5.97 Å². The maximum Gasteiger partial charge on any atom is 0.335 e. The molecule has 0 unspecified atom stereocenters. The van der Waals surface area contributed by atoms with Crippen molar-refractivity contribution in [1.29, 1.82) is 0 Å². The van der Waals surface area contributed by atoms with Crippen molar-refractivity contribution in [1.82, 2.24) is 10.4 Å². The third-order valence-electron chi connectivity index (χ3n) is 2.54. The van der Waals surface area contributed by atoms with Crippen molar-refractivity contribution in [3.05, 3.63) is 51.5 Å². The van der Waals surface area contributed by atoms with Crippen LogP contribution in [0.5, 0.6) is 0 Å². The first-order valence-electron chi connectivity index (χ1n) is 6.11. The lowest BCUT2D eigenvalue weighted by Gasteiger charge is -1.98. The number of aromatic nitrogens is 1. The predicted molar refractivity (Wildman–Crippen MR) is 79.7 cm³/mol. The lowest BCUT2D eigenvalue weighted by molar-refractivity contribution is -0.120. The van der Waals surface area contributed by atoms with Gasteiger partial charge in [-0.2, -0.15) is 5.10 Å². The van der Waals surface area contributed by atoms with E-state index in [1.54, 1.807) is 12.1 Å². The maximum absolute atomic E-state index is 11.6. The van der Waals surface area contributed by atoms with E-state index in [-0.39, 0.29) is 17.9 Å². The minimum atomic E-state index is -0.981. The normalized spacial score (nSPS) is 10.7. The average molecular weight is 303 g/mol. The van der Waals surface area contributed by atoms with Crippen molar-refractivity contribution < 1.29 is 14.7 Å². The minimum Gasteiger partial charge on any atom is -0.478 e. The van der Waals surface area contributed by atoms with Gasteiger partial charge in [-0.05, 0) is 24.6 Å². The molecule has 0 aliphatic rings. The van der Waals surface area contributed by atoms with Crippen LogP contribution >= 0.6 is 11.3 Å². The monoisotopic (exact) mass is 303 g/mol. The SMILES string of the molecule is Cc1csc(CC(=O)N/N=C\c2ccc(C(=O)O)cc2)n1. The Morgan fingerprint density at radius 2 is 2.10 bits per heavy atom. The van der Waals surface area contributed by atoms with E-state index in [0.29, 0.717) is 5.56 Å². The predicted octanol–water partition coefficient (Wildman–Crippen LogP) is 1.84. The molecule has 0 saturated carbocycles. The number of hydrogen-bond donors (Lipinski definition) is 2. The Kier molecular flexibility index (Phi) is 4.78. The molecule has 2 N–H and O–H groups in total. The zero-order valence-electron chi connectivity index (χ0n) is 11.2. The number of aromatic carboxylic acids is 1. The highest BCUT2D eigenvalue weighted by Crippen LogP contribution is 2.08. The summed E-state index contributed by atoms with van der Waals surface area (Å²) in [5.74, 6) is -1.23. The van der Waals surface area contributed by atoms with Crippen LogP contribution in [0.15, 0.2) is 34.7 Å². The number of carboxylic acid groups (broad SMARTS) is 1. The van der Waals surface area contributed by atoms with Gasteiger partial charge in [0, 0.05) is 11.1 Å². The average Bonchev–Trinajstić information content (AvgIpc) is 2.84. The van der Waals surface area contributed by atoms with E-state index in [1.165, 1.54) is 29.7 Å². The van der Waals surface area contributed by atoms with E-state index in [1.807, 2.05) is 12.3 Å². The van der Waals surface area contributed by atoms with Gasteiger partial charge in [-0.15, -0.1) is 11.3 Å². The quantitative estimate of drug-likeness (QED) is 0.651. The molecule has 0 aliphatic heterocycles. The molecule has 0 fully saturated rings. The summed E-state index contributed by atoms with van der Waals surface area (Å²) in [5, 5.41) is 15.2. The summed E-state index contributed by atoms with van der Waals surface area (Å²) in [6, 6.07) is 6.18. The number of carboxylic acids is 1. The van der Waals surface area contributed by atoms with Gasteiger partial charge in [0.2, 0.25) is 5.91 Å². The Balaban J connectivity index is 1.86. The third kappa shape index (κ3) is 4.50. The van der Waals surface area contributed by atoms with Crippen molar-refractivity contribution in [3.8, 4) is 0 Å². The number of carbonyl (C=O) groups excluding carboxylic acids is 1. The highest BCUT2D eigenvalue weighted by molar-refractivity contribution is 7.09. The molecule has 0 bridgehead atoms. The lowest BCUT2D eigenvalue weighted by Crippen LogP contribution is -2.19. The second-order valence-electron chi connectivity index (χ2n) is 4.28. The van der Waals surface area contributed by atoms with E-state index in [2.05, 4.69) is 15.5 Å². The molecule has 0 radical (unpaired) electrons. The van der Waals surface area contributed by atoms with Crippen molar-refractivity contribution in [2.75, 3.05) is 0 Å². The van der Waals surface area contributed by atoms with Crippen LogP contribution in [0.25, 0.3) is 0 Å². The first kappa shape index (κ1) is 14.9. The molecule has 7 heteroatoms. The number of hydrazone groups is 1. The summed E-state index contributed by atoms with van der Waals surface area (Å²) in [6.07, 6.45) is 1.64. The summed E-state index contributed by atoms with van der Waals surface area (Å²) in [4.78, 5) is 26.5. The Morgan fingerprint density at radius 1 is 1.38 bits per heavy atom. The van der Waals surface area contributed by atoms with E-state index in [4.69, 9.17) is 5.11 Å². The van der Waals surface area contributed by atoms with Gasteiger partial charge in [0.05, 0.1) is 18.2 Å². The fourth-order valence-corrected chi connectivity index (χ4v) is 2.32. The molecular weight excluding hydrogens is 290 g/mol. The first-order valence-corrected chi connectivity index (χ1v) is 6.99. The highest BCUT2D eigenvalue weighted by Gasteiger charge is 2.05. The number of thiazole rings is 1. The van der Waals surface area contributed by atoms with Gasteiger partial charge in [0.1, 0.15) is 5.01 Å². The maximum atomic E-state index is 11.6. The minimum absolute atomic E-state index is 0.188. The van der Waals surface area contributed by atoms with Gasteiger partial charge < -0.3 is 5.11 Å². The van der Waals surface area contributed by atoms with Crippen LogP contribution in [0, 0.1) is 6.92 Å². The molecule has 1 aromatic carbocycles. The number of rotatable bonds is 5. The topological polar surface area (TPSA) is 91.7 Å². The highest BCUT2D eigenvalue weighted by atomic mass is 32.1. The number of aryl methyl sites for hydroxylation is 1. The van der Waals surface area contributed by atoms with Gasteiger partial charge in [-0.1, -0.05) is 12.1 Å². The first-order chi connectivity index (χ1) is 10.0. The van der Waals surface area contributed by atoms with E-state index in [9.17, 15) is 9.59 Å². The van der Waals surface area contributed by atoms with Crippen molar-refractivity contribution in [2.45, 2.75) is 13.3 Å². The largest absolute Gasteiger partial charge is 0.478 e. The molecule has 2 rings (SSSR count). The van der Waals surface area contributed by atoms with Gasteiger partial charge in [0.15, 0.2) is 0 Å². The van der Waals surface area contributed by atoms with Crippen LogP contribution in [0.4, 0.5) is 0 Å². The van der Waals surface area contributed by atoms with Crippen molar-refractivity contribution >= 4 is 29.4 Å². The number of amides is 1. The van der Waals surface area contributed by atoms with Crippen molar-refractivity contribution in [3.63, 3.8) is 0 Å². The second kappa shape index (κ2) is 6.76. The molecule has 1 aromatic heterocycles. The molecule has 0 spiro atoms. The molecule has 1 amide bonds. The zero-order chi connectivity index (χ0) is 15.2. The molecule has 108 valence electrons. The number of hydrogen-bond acceptors (Lipinski definition) is 5. The summed E-state index contributed by atoms with van der Waals surface area (Å²) in [7, 11) is 0. The molecule has 21 heavy (non-hydrogen) atoms.